The highest BCUT2D eigenvalue weighted by atomic mass is 15.4. The molecule has 0 amide bonds. The predicted molar refractivity (Wildman–Crippen MR) is 196 cm³/mol. The van der Waals surface area contributed by atoms with Crippen LogP contribution in [-0.2, 0) is 0 Å². The van der Waals surface area contributed by atoms with Crippen LogP contribution >= 0.6 is 0 Å². The molecule has 1 unspecified atom stereocenters. The third-order valence-corrected chi connectivity index (χ3v) is 10.1. The monoisotopic (exact) mass is 603 g/mol. The van der Waals surface area contributed by atoms with Crippen molar-refractivity contribution in [2.24, 2.45) is 0 Å². The zero-order valence-electron chi connectivity index (χ0n) is 30.5. The largest absolute Gasteiger partial charge is 0.356 e. The molecule has 0 saturated carbocycles. The molecule has 0 N–H and O–H groups in total. The average Bonchev–Trinajstić information content (AvgIpc) is 3.41. The van der Waals surface area contributed by atoms with Gasteiger partial charge in [0.25, 0.3) is 0 Å². The summed E-state index contributed by atoms with van der Waals surface area (Å²) in [6, 6.07) is 0.605. The van der Waals surface area contributed by atoms with Gasteiger partial charge in [0.1, 0.15) is 6.17 Å². The van der Waals surface area contributed by atoms with E-state index in [0.29, 0.717) is 12.2 Å². The molecule has 0 spiro atoms. The molecule has 0 radical (unpaired) electrons. The molecule has 0 fully saturated rings. The van der Waals surface area contributed by atoms with Gasteiger partial charge in [-0.2, -0.15) is 0 Å². The third kappa shape index (κ3) is 24.3. The fourth-order valence-corrected chi connectivity index (χ4v) is 7.13. The predicted octanol–water partition coefficient (Wildman–Crippen LogP) is 14.3. The highest BCUT2D eigenvalue weighted by Crippen LogP contribution is 2.25. The second kappa shape index (κ2) is 31.3. The van der Waals surface area contributed by atoms with Crippen molar-refractivity contribution in [1.29, 1.82) is 0 Å². The first-order chi connectivity index (χ1) is 21.2. The summed E-state index contributed by atoms with van der Waals surface area (Å²) in [5.74, 6) is 0. The maximum Gasteiger partial charge on any atom is 0.101 e. The molecule has 2 heteroatoms. The Morgan fingerprint density at radius 2 is 0.698 bits per heavy atom. The van der Waals surface area contributed by atoms with Gasteiger partial charge in [-0.1, -0.05) is 200 Å². The number of nitrogens with zero attached hydrogens (tertiary/aromatic N) is 2. The van der Waals surface area contributed by atoms with Crippen LogP contribution in [0.1, 0.15) is 233 Å². The molecular weight excluding hydrogens is 520 g/mol. The Morgan fingerprint density at radius 1 is 0.395 bits per heavy atom. The third-order valence-electron chi connectivity index (χ3n) is 10.1. The van der Waals surface area contributed by atoms with Crippen LogP contribution in [-0.4, -0.2) is 28.6 Å². The standard InChI is InChI=1S/C41H82N2/c1-5-7-9-11-13-15-17-19-21-22-23-24-26-28-30-32-34-36-41-42(38-39-43(41)40(3)4)37-35-33-31-29-27-25-20-18-16-14-12-10-8-6-2/h38-41H,5-37H2,1-4H3. The zero-order chi connectivity index (χ0) is 31.1. The second-order valence-electron chi connectivity index (χ2n) is 14.6. The highest BCUT2D eigenvalue weighted by molar-refractivity contribution is 4.98. The normalized spacial score (nSPS) is 15.0. The van der Waals surface area contributed by atoms with E-state index in [0.717, 1.165) is 0 Å². The molecular formula is C41H82N2. The summed E-state index contributed by atoms with van der Waals surface area (Å²) in [5, 5.41) is 0. The molecule has 0 aliphatic carbocycles. The topological polar surface area (TPSA) is 6.48 Å². The van der Waals surface area contributed by atoms with Crippen LogP contribution in [0, 0.1) is 0 Å². The Hall–Kier alpha value is -0.660. The van der Waals surface area contributed by atoms with Gasteiger partial charge in [-0.25, -0.2) is 0 Å². The fourth-order valence-electron chi connectivity index (χ4n) is 7.13. The molecule has 43 heavy (non-hydrogen) atoms. The van der Waals surface area contributed by atoms with Crippen molar-refractivity contribution in [3.63, 3.8) is 0 Å². The van der Waals surface area contributed by atoms with Gasteiger partial charge in [0.15, 0.2) is 0 Å². The molecule has 1 aliphatic heterocycles. The molecule has 0 aromatic rings. The Labute approximate surface area is 273 Å². The first kappa shape index (κ1) is 40.4. The van der Waals surface area contributed by atoms with Crippen molar-refractivity contribution in [3.05, 3.63) is 12.4 Å². The van der Waals surface area contributed by atoms with Crippen LogP contribution < -0.4 is 0 Å². The smallest absolute Gasteiger partial charge is 0.101 e. The Morgan fingerprint density at radius 3 is 1.02 bits per heavy atom. The molecule has 1 heterocycles. The van der Waals surface area contributed by atoms with E-state index in [1.54, 1.807) is 0 Å². The summed E-state index contributed by atoms with van der Waals surface area (Å²) in [4.78, 5) is 5.29. The molecule has 0 aromatic carbocycles. The van der Waals surface area contributed by atoms with Crippen molar-refractivity contribution in [2.45, 2.75) is 245 Å². The molecule has 0 bridgehead atoms. The first-order valence-corrected chi connectivity index (χ1v) is 20.4. The quantitative estimate of drug-likeness (QED) is 0.0676. The van der Waals surface area contributed by atoms with E-state index in [1.807, 2.05) is 0 Å². The maximum absolute atomic E-state index is 2.67. The number of rotatable bonds is 34. The van der Waals surface area contributed by atoms with Crippen LogP contribution in [0.5, 0.6) is 0 Å². The Kier molecular flexibility index (Phi) is 29.4. The fraction of sp³-hybridized carbons (Fsp3) is 0.951. The van der Waals surface area contributed by atoms with Crippen LogP contribution in [0.4, 0.5) is 0 Å². The second-order valence-corrected chi connectivity index (χ2v) is 14.6. The van der Waals surface area contributed by atoms with Crippen molar-refractivity contribution in [3.8, 4) is 0 Å². The van der Waals surface area contributed by atoms with Crippen LogP contribution in [0.15, 0.2) is 12.4 Å². The van der Waals surface area contributed by atoms with E-state index in [9.17, 15) is 0 Å². The van der Waals surface area contributed by atoms with Gasteiger partial charge in [0.05, 0.1) is 0 Å². The van der Waals surface area contributed by atoms with Crippen LogP contribution in [0.2, 0.25) is 0 Å². The van der Waals surface area contributed by atoms with Crippen molar-refractivity contribution in [1.82, 2.24) is 9.80 Å². The number of hydrogen-bond donors (Lipinski definition) is 0. The molecule has 1 atom stereocenters. The van der Waals surface area contributed by atoms with E-state index in [4.69, 9.17) is 0 Å². The molecule has 1 aliphatic rings. The summed E-state index contributed by atoms with van der Waals surface area (Å²) in [7, 11) is 0. The maximum atomic E-state index is 2.67. The molecule has 256 valence electrons. The van der Waals surface area contributed by atoms with Gasteiger partial charge in [0.2, 0.25) is 0 Å². The first-order valence-electron chi connectivity index (χ1n) is 20.4. The summed E-state index contributed by atoms with van der Waals surface area (Å²) in [6.07, 6.45) is 51.7. The van der Waals surface area contributed by atoms with Crippen molar-refractivity contribution in [2.75, 3.05) is 6.54 Å². The lowest BCUT2D eigenvalue weighted by molar-refractivity contribution is 0.114. The van der Waals surface area contributed by atoms with Crippen molar-refractivity contribution < 1.29 is 0 Å². The van der Waals surface area contributed by atoms with E-state index >= 15 is 0 Å². The summed E-state index contributed by atoms with van der Waals surface area (Å²) in [5.41, 5.74) is 0. The summed E-state index contributed by atoms with van der Waals surface area (Å²) >= 11 is 0. The lowest BCUT2D eigenvalue weighted by Gasteiger charge is -2.35. The van der Waals surface area contributed by atoms with Gasteiger partial charge in [-0.15, -0.1) is 0 Å². The molecule has 0 aromatic heterocycles. The van der Waals surface area contributed by atoms with Gasteiger partial charge in [-0.05, 0) is 33.1 Å². The number of hydrogen-bond acceptors (Lipinski definition) is 2. The molecule has 0 saturated heterocycles. The minimum Gasteiger partial charge on any atom is -0.356 e. The van der Waals surface area contributed by atoms with Gasteiger partial charge < -0.3 is 9.80 Å². The van der Waals surface area contributed by atoms with Gasteiger partial charge >= 0.3 is 0 Å². The lowest BCUT2D eigenvalue weighted by Crippen LogP contribution is -2.42. The van der Waals surface area contributed by atoms with Crippen LogP contribution in [0.25, 0.3) is 0 Å². The Bertz CT molecular complexity index is 570. The van der Waals surface area contributed by atoms with E-state index in [-0.39, 0.29) is 0 Å². The highest BCUT2D eigenvalue weighted by Gasteiger charge is 2.26. The molecule has 1 rings (SSSR count). The zero-order valence-corrected chi connectivity index (χ0v) is 30.5. The van der Waals surface area contributed by atoms with E-state index < -0.39 is 0 Å². The Balaban J connectivity index is 1.96. The SMILES string of the molecule is CCCCCCCCCCCCCCCCCCCC1N(CCCCCCCCCCCCCCCC)C=CN1C(C)C. The average molecular weight is 603 g/mol. The molecule has 2 nitrogen and oxygen atoms in total. The van der Waals surface area contributed by atoms with Gasteiger partial charge in [-0.3, -0.25) is 0 Å². The lowest BCUT2D eigenvalue weighted by atomic mass is 10.0. The van der Waals surface area contributed by atoms with Crippen LogP contribution in [0.3, 0.4) is 0 Å². The number of unbranched alkanes of at least 4 members (excludes halogenated alkanes) is 29. The summed E-state index contributed by atoms with van der Waals surface area (Å²) < 4.78 is 0. The minimum atomic E-state index is 0.605. The summed E-state index contributed by atoms with van der Waals surface area (Å²) in [6.45, 7) is 10.6. The van der Waals surface area contributed by atoms with Gasteiger partial charge in [0, 0.05) is 25.0 Å². The minimum absolute atomic E-state index is 0.605. The van der Waals surface area contributed by atoms with Crippen molar-refractivity contribution >= 4 is 0 Å². The van der Waals surface area contributed by atoms with E-state index in [2.05, 4.69) is 49.9 Å². The van der Waals surface area contributed by atoms with E-state index in [1.165, 1.54) is 212 Å².